The van der Waals surface area contributed by atoms with E-state index in [9.17, 15) is 14.4 Å². The van der Waals surface area contributed by atoms with Crippen LogP contribution in [0, 0.1) is 0 Å². The monoisotopic (exact) mass is 524 g/mol. The summed E-state index contributed by atoms with van der Waals surface area (Å²) in [6, 6.07) is 0. The van der Waals surface area contributed by atoms with Gasteiger partial charge in [-0.2, -0.15) is 0 Å². The highest BCUT2D eigenvalue weighted by Gasteiger charge is 2.51. The summed E-state index contributed by atoms with van der Waals surface area (Å²) in [5.74, 6) is -0.890. The molecular formula is C31H60N2O4. The lowest BCUT2D eigenvalue weighted by atomic mass is 9.95. The van der Waals surface area contributed by atoms with E-state index in [2.05, 4.69) is 12.2 Å². The van der Waals surface area contributed by atoms with Crippen LogP contribution in [0.1, 0.15) is 156 Å². The molecule has 0 radical (unpaired) electrons. The largest absolute Gasteiger partial charge is 0.463 e. The summed E-state index contributed by atoms with van der Waals surface area (Å²) >= 11 is 0. The maximum atomic E-state index is 13.5. The molecule has 1 amide bonds. The molecule has 6 nitrogen and oxygen atoms in total. The Morgan fingerprint density at radius 2 is 1.08 bits per heavy atom. The SMILES string of the molecule is CCCCCCCCCCCCCCCCCC(=O)[C@](NC=O)(C(=O)OCCCC)N(CCC)CCC. The molecule has 1 N–H and O–H groups in total. The van der Waals surface area contributed by atoms with Gasteiger partial charge in [-0.25, -0.2) is 4.79 Å². The second-order valence-electron chi connectivity index (χ2n) is 10.6. The maximum Gasteiger partial charge on any atom is 0.355 e. The van der Waals surface area contributed by atoms with Crippen molar-refractivity contribution in [3.8, 4) is 0 Å². The number of rotatable bonds is 28. The first-order valence-electron chi connectivity index (χ1n) is 15.7. The lowest BCUT2D eigenvalue weighted by molar-refractivity contribution is -0.168. The van der Waals surface area contributed by atoms with Gasteiger partial charge < -0.3 is 10.1 Å². The van der Waals surface area contributed by atoms with E-state index in [1.807, 2.05) is 25.7 Å². The van der Waals surface area contributed by atoms with E-state index in [0.29, 0.717) is 19.5 Å². The molecule has 0 aromatic heterocycles. The van der Waals surface area contributed by atoms with Crippen LogP contribution in [0.5, 0.6) is 0 Å². The van der Waals surface area contributed by atoms with Crippen molar-refractivity contribution in [3.63, 3.8) is 0 Å². The first-order valence-corrected chi connectivity index (χ1v) is 15.7. The topological polar surface area (TPSA) is 75.7 Å². The summed E-state index contributed by atoms with van der Waals surface area (Å²) in [7, 11) is 0. The van der Waals surface area contributed by atoms with Gasteiger partial charge in [-0.1, -0.05) is 124 Å². The highest BCUT2D eigenvalue weighted by Crippen LogP contribution is 2.22. The number of carbonyl (C=O) groups excluding carboxylic acids is 3. The van der Waals surface area contributed by atoms with Crippen molar-refractivity contribution in [1.29, 1.82) is 0 Å². The number of nitrogens with one attached hydrogen (secondary N) is 1. The fraction of sp³-hybridized carbons (Fsp3) is 0.903. The van der Waals surface area contributed by atoms with Gasteiger partial charge in [0.15, 0.2) is 5.78 Å². The van der Waals surface area contributed by atoms with Crippen molar-refractivity contribution in [1.82, 2.24) is 10.2 Å². The molecule has 0 unspecified atom stereocenters. The lowest BCUT2D eigenvalue weighted by Gasteiger charge is -2.40. The Labute approximate surface area is 229 Å². The highest BCUT2D eigenvalue weighted by molar-refractivity contribution is 6.09. The molecule has 0 bridgehead atoms. The molecule has 0 saturated heterocycles. The normalized spacial score (nSPS) is 12.9. The molecule has 37 heavy (non-hydrogen) atoms. The average molecular weight is 525 g/mol. The molecule has 0 rings (SSSR count). The number of hydrogen-bond acceptors (Lipinski definition) is 5. The third-order valence-electron chi connectivity index (χ3n) is 7.17. The van der Waals surface area contributed by atoms with Gasteiger partial charge in [0.1, 0.15) is 0 Å². The van der Waals surface area contributed by atoms with Gasteiger partial charge >= 0.3 is 5.97 Å². The minimum atomic E-state index is -1.71. The van der Waals surface area contributed by atoms with Crippen molar-refractivity contribution in [2.75, 3.05) is 19.7 Å². The lowest BCUT2D eigenvalue weighted by Crippen LogP contribution is -2.69. The van der Waals surface area contributed by atoms with E-state index < -0.39 is 11.6 Å². The Kier molecular flexibility index (Phi) is 23.9. The molecule has 0 aliphatic heterocycles. The predicted octanol–water partition coefficient (Wildman–Crippen LogP) is 7.72. The van der Waals surface area contributed by atoms with Crippen molar-refractivity contribution in [2.24, 2.45) is 0 Å². The van der Waals surface area contributed by atoms with E-state index >= 15 is 0 Å². The standard InChI is InChI=1S/C31H60N2O4/c1-5-9-11-12-13-14-15-16-17-18-19-20-21-22-23-24-29(35)31(32-28-34,30(36)37-27-10-6-2)33(25-7-3)26-8-4/h28H,5-27H2,1-4H3,(H,32,34)/t31-/m1/s1. The molecule has 1 atom stereocenters. The Morgan fingerprint density at radius 3 is 1.49 bits per heavy atom. The number of hydrogen-bond donors (Lipinski definition) is 1. The van der Waals surface area contributed by atoms with E-state index in [-0.39, 0.29) is 18.8 Å². The van der Waals surface area contributed by atoms with Crippen molar-refractivity contribution < 1.29 is 19.1 Å². The van der Waals surface area contributed by atoms with Gasteiger partial charge in [-0.15, -0.1) is 0 Å². The summed E-state index contributed by atoms with van der Waals surface area (Å²) in [6.07, 6.45) is 22.8. The van der Waals surface area contributed by atoms with E-state index in [1.54, 1.807) is 0 Å². The number of carbonyl (C=O) groups is 3. The molecular weight excluding hydrogens is 464 g/mol. The summed E-state index contributed by atoms with van der Waals surface area (Å²) < 4.78 is 5.50. The fourth-order valence-electron chi connectivity index (χ4n) is 4.97. The molecule has 0 fully saturated rings. The predicted molar refractivity (Wildman–Crippen MR) is 155 cm³/mol. The van der Waals surface area contributed by atoms with Crippen LogP contribution in [0.3, 0.4) is 0 Å². The Hall–Kier alpha value is -1.43. The van der Waals surface area contributed by atoms with Gasteiger partial charge in [0.05, 0.1) is 6.61 Å². The minimum Gasteiger partial charge on any atom is -0.463 e. The Morgan fingerprint density at radius 1 is 0.649 bits per heavy atom. The zero-order chi connectivity index (χ0) is 27.6. The Balaban J connectivity index is 4.52. The smallest absolute Gasteiger partial charge is 0.355 e. The third-order valence-corrected chi connectivity index (χ3v) is 7.17. The number of ether oxygens (including phenoxy) is 1. The van der Waals surface area contributed by atoms with E-state index in [1.165, 1.54) is 77.0 Å². The van der Waals surface area contributed by atoms with Crippen LogP contribution >= 0.6 is 0 Å². The summed E-state index contributed by atoms with van der Waals surface area (Å²) in [6.45, 7) is 9.65. The highest BCUT2D eigenvalue weighted by atomic mass is 16.5. The number of nitrogens with zero attached hydrogens (tertiary/aromatic N) is 1. The van der Waals surface area contributed by atoms with Crippen molar-refractivity contribution >= 4 is 18.2 Å². The van der Waals surface area contributed by atoms with E-state index in [4.69, 9.17) is 4.74 Å². The minimum absolute atomic E-state index is 0.252. The van der Waals surface area contributed by atoms with Crippen LogP contribution < -0.4 is 5.32 Å². The van der Waals surface area contributed by atoms with Crippen molar-refractivity contribution in [2.45, 2.75) is 162 Å². The second-order valence-corrected chi connectivity index (χ2v) is 10.6. The fourth-order valence-corrected chi connectivity index (χ4v) is 4.97. The van der Waals surface area contributed by atoms with E-state index in [0.717, 1.165) is 44.9 Å². The molecule has 6 heteroatoms. The molecule has 0 aromatic rings. The number of Topliss-reactive ketones (excluding diaryl/α,β-unsaturated/α-hetero) is 1. The summed E-state index contributed by atoms with van der Waals surface area (Å²) in [5.41, 5.74) is -1.71. The zero-order valence-electron chi connectivity index (χ0n) is 24.9. The van der Waals surface area contributed by atoms with Crippen LogP contribution in [-0.4, -0.2) is 48.4 Å². The van der Waals surface area contributed by atoms with Crippen LogP contribution in [0.25, 0.3) is 0 Å². The van der Waals surface area contributed by atoms with Gasteiger partial charge in [0.25, 0.3) is 5.66 Å². The zero-order valence-corrected chi connectivity index (χ0v) is 24.9. The molecule has 0 heterocycles. The van der Waals surface area contributed by atoms with Crippen molar-refractivity contribution in [3.05, 3.63) is 0 Å². The first kappa shape index (κ1) is 35.6. The molecule has 0 aliphatic rings. The van der Waals surface area contributed by atoms with Crippen LogP contribution in [0.4, 0.5) is 0 Å². The number of amides is 1. The molecule has 0 saturated carbocycles. The number of unbranched alkanes of at least 4 members (excludes halogenated alkanes) is 15. The summed E-state index contributed by atoms with van der Waals surface area (Å²) in [4.78, 5) is 40.1. The first-order chi connectivity index (χ1) is 18.0. The molecule has 0 aromatic carbocycles. The van der Waals surface area contributed by atoms with Crippen LogP contribution in [-0.2, 0) is 19.1 Å². The van der Waals surface area contributed by atoms with Gasteiger partial charge in [-0.05, 0) is 25.7 Å². The maximum absolute atomic E-state index is 13.5. The van der Waals surface area contributed by atoms with Gasteiger partial charge in [0, 0.05) is 19.5 Å². The summed E-state index contributed by atoms with van der Waals surface area (Å²) in [5, 5.41) is 2.62. The molecule has 218 valence electrons. The van der Waals surface area contributed by atoms with Gasteiger partial charge in [0.2, 0.25) is 6.41 Å². The van der Waals surface area contributed by atoms with Gasteiger partial charge in [-0.3, -0.25) is 14.5 Å². The molecule has 0 aliphatic carbocycles. The molecule has 0 spiro atoms. The number of ketones is 1. The third kappa shape index (κ3) is 15.5. The second kappa shape index (κ2) is 24.9. The Bertz CT molecular complexity index is 563. The average Bonchev–Trinajstić information content (AvgIpc) is 2.89. The van der Waals surface area contributed by atoms with Crippen LogP contribution in [0.2, 0.25) is 0 Å². The van der Waals surface area contributed by atoms with Crippen LogP contribution in [0.15, 0.2) is 0 Å². The number of esters is 1. The quantitative estimate of drug-likeness (QED) is 0.0373.